The molecule has 0 atom stereocenters. The minimum Gasteiger partial charge on any atom is -0.465 e. The fraction of sp³-hybridized carbons (Fsp3) is 0.125. The van der Waals surface area contributed by atoms with Crippen LogP contribution in [-0.4, -0.2) is 23.0 Å². The van der Waals surface area contributed by atoms with Crippen LogP contribution in [0.3, 0.4) is 0 Å². The molecule has 0 saturated carbocycles. The molecule has 0 radical (unpaired) electrons. The van der Waals surface area contributed by atoms with Gasteiger partial charge in [0.2, 0.25) is 0 Å². The zero-order valence-corrected chi connectivity index (χ0v) is 13.9. The van der Waals surface area contributed by atoms with E-state index in [9.17, 15) is 14.9 Å². The molecule has 1 aromatic carbocycles. The van der Waals surface area contributed by atoms with E-state index in [2.05, 4.69) is 15.0 Å². The maximum absolute atomic E-state index is 11.7. The molecular weight excluding hydrogens is 346 g/mol. The average molecular weight is 359 g/mol. The summed E-state index contributed by atoms with van der Waals surface area (Å²) < 4.78 is 9.90. The van der Waals surface area contributed by atoms with Crippen LogP contribution >= 0.6 is 11.3 Å². The van der Waals surface area contributed by atoms with E-state index in [1.165, 1.54) is 36.6 Å². The summed E-state index contributed by atoms with van der Waals surface area (Å²) in [6.07, 6.45) is 1.58. The molecule has 0 aliphatic heterocycles. The molecule has 9 heteroatoms. The van der Waals surface area contributed by atoms with Gasteiger partial charge in [-0.2, -0.15) is 0 Å². The lowest BCUT2D eigenvalue weighted by atomic mass is 10.1. The number of esters is 1. The van der Waals surface area contributed by atoms with Gasteiger partial charge in [0.1, 0.15) is 5.56 Å². The van der Waals surface area contributed by atoms with Crippen LogP contribution < -0.4 is 5.32 Å². The van der Waals surface area contributed by atoms with Gasteiger partial charge in [-0.3, -0.25) is 10.1 Å². The lowest BCUT2D eigenvalue weighted by Gasteiger charge is -2.07. The Kier molecular flexibility index (Phi) is 4.75. The first kappa shape index (κ1) is 16.7. The number of nitro benzene ring substituents is 1. The highest BCUT2D eigenvalue weighted by molar-refractivity contribution is 7.13. The van der Waals surface area contributed by atoms with Gasteiger partial charge in [-0.1, -0.05) is 0 Å². The molecule has 2 aromatic heterocycles. The van der Waals surface area contributed by atoms with E-state index < -0.39 is 10.9 Å². The van der Waals surface area contributed by atoms with Crippen molar-refractivity contribution < 1.29 is 18.9 Å². The number of carbonyl (C=O) groups is 1. The first-order chi connectivity index (χ1) is 12.1. The zero-order valence-electron chi connectivity index (χ0n) is 13.1. The van der Waals surface area contributed by atoms with Crippen molar-refractivity contribution in [1.82, 2.24) is 4.98 Å². The Labute approximate surface area is 146 Å². The predicted octanol–water partition coefficient (Wildman–Crippen LogP) is 3.71. The number of anilines is 1. The molecule has 0 saturated heterocycles. The van der Waals surface area contributed by atoms with Crippen molar-refractivity contribution in [1.29, 1.82) is 0 Å². The molecule has 128 valence electrons. The van der Waals surface area contributed by atoms with Gasteiger partial charge in [-0.05, 0) is 24.3 Å². The molecule has 3 aromatic rings. The Hall–Kier alpha value is -3.20. The maximum Gasteiger partial charge on any atom is 0.344 e. The second kappa shape index (κ2) is 7.14. The molecule has 0 unspecified atom stereocenters. The number of carbonyl (C=O) groups excluding carboxylic acids is 1. The van der Waals surface area contributed by atoms with Gasteiger partial charge in [-0.15, -0.1) is 11.3 Å². The maximum atomic E-state index is 11.7. The van der Waals surface area contributed by atoms with Gasteiger partial charge in [-0.25, -0.2) is 9.78 Å². The van der Waals surface area contributed by atoms with Crippen LogP contribution in [0.2, 0.25) is 0 Å². The van der Waals surface area contributed by atoms with Crippen LogP contribution in [0.5, 0.6) is 0 Å². The highest BCUT2D eigenvalue weighted by Crippen LogP contribution is 2.26. The molecule has 0 spiro atoms. The van der Waals surface area contributed by atoms with Crippen LogP contribution in [0.4, 0.5) is 11.4 Å². The molecule has 0 amide bonds. The van der Waals surface area contributed by atoms with Crippen molar-refractivity contribution in [3.05, 3.63) is 63.3 Å². The summed E-state index contributed by atoms with van der Waals surface area (Å²) in [6.45, 7) is 0.398. The van der Waals surface area contributed by atoms with Gasteiger partial charge in [0, 0.05) is 17.1 Å². The average Bonchev–Trinajstić information content (AvgIpc) is 3.30. The molecule has 0 fully saturated rings. The number of nitrogens with zero attached hydrogens (tertiary/aromatic N) is 2. The minimum absolute atomic E-state index is 0.105. The second-order valence-electron chi connectivity index (χ2n) is 4.96. The Morgan fingerprint density at radius 3 is 2.96 bits per heavy atom. The van der Waals surface area contributed by atoms with Crippen LogP contribution in [-0.2, 0) is 11.3 Å². The zero-order chi connectivity index (χ0) is 17.8. The number of nitro groups is 1. The Morgan fingerprint density at radius 1 is 1.44 bits per heavy atom. The molecule has 0 aliphatic rings. The van der Waals surface area contributed by atoms with Crippen LogP contribution in [0.15, 0.2) is 46.4 Å². The van der Waals surface area contributed by atoms with Crippen molar-refractivity contribution in [3.8, 4) is 10.8 Å². The first-order valence-corrected chi connectivity index (χ1v) is 8.05. The molecule has 8 nitrogen and oxygen atoms in total. The van der Waals surface area contributed by atoms with E-state index in [0.717, 1.165) is 10.7 Å². The molecular formula is C16H13N3O5S. The van der Waals surface area contributed by atoms with Crippen molar-refractivity contribution in [2.24, 2.45) is 0 Å². The Morgan fingerprint density at radius 2 is 2.28 bits per heavy atom. The molecule has 0 bridgehead atoms. The van der Waals surface area contributed by atoms with Crippen LogP contribution in [0.25, 0.3) is 10.8 Å². The third-order valence-corrected chi connectivity index (χ3v) is 4.26. The Balaban J connectivity index is 1.75. The quantitative estimate of drug-likeness (QED) is 0.406. The van der Waals surface area contributed by atoms with E-state index in [0.29, 0.717) is 18.0 Å². The Bertz CT molecular complexity index is 904. The number of thiazole rings is 1. The van der Waals surface area contributed by atoms with Gasteiger partial charge in [0.05, 0.1) is 30.5 Å². The third-order valence-electron chi connectivity index (χ3n) is 3.36. The highest BCUT2D eigenvalue weighted by atomic mass is 32.1. The van der Waals surface area contributed by atoms with E-state index in [1.54, 1.807) is 12.3 Å². The standard InChI is InChI=1S/C16H13N3O5S/c1-23-16(20)12-7-10(4-5-13(12)19(21)22)17-8-11-9-25-15(18-11)14-3-2-6-24-14/h2-7,9,17H,8H2,1H3. The third kappa shape index (κ3) is 3.66. The fourth-order valence-corrected chi connectivity index (χ4v) is 2.96. The number of furan rings is 1. The van der Waals surface area contributed by atoms with Crippen LogP contribution in [0.1, 0.15) is 16.1 Å². The van der Waals surface area contributed by atoms with Gasteiger partial charge in [0.25, 0.3) is 5.69 Å². The number of hydrogen-bond acceptors (Lipinski definition) is 8. The first-order valence-electron chi connectivity index (χ1n) is 7.17. The van der Waals surface area contributed by atoms with E-state index in [1.807, 2.05) is 11.4 Å². The normalized spacial score (nSPS) is 10.4. The number of ether oxygens (including phenoxy) is 1. The number of methoxy groups -OCH3 is 1. The predicted molar refractivity (Wildman–Crippen MR) is 91.6 cm³/mol. The van der Waals surface area contributed by atoms with Crippen molar-refractivity contribution in [2.45, 2.75) is 6.54 Å². The fourth-order valence-electron chi connectivity index (χ4n) is 2.17. The topological polar surface area (TPSA) is 108 Å². The smallest absolute Gasteiger partial charge is 0.344 e. The molecule has 0 aliphatic carbocycles. The number of rotatable bonds is 6. The molecule has 1 N–H and O–H groups in total. The summed E-state index contributed by atoms with van der Waals surface area (Å²) in [4.78, 5) is 26.6. The summed E-state index contributed by atoms with van der Waals surface area (Å²) in [5, 5.41) is 16.7. The monoisotopic (exact) mass is 359 g/mol. The highest BCUT2D eigenvalue weighted by Gasteiger charge is 2.21. The SMILES string of the molecule is COC(=O)c1cc(NCc2csc(-c3ccco3)n2)ccc1[N+](=O)[O-]. The summed E-state index contributed by atoms with van der Waals surface area (Å²) in [7, 11) is 1.18. The summed E-state index contributed by atoms with van der Waals surface area (Å²) >= 11 is 1.45. The van der Waals surface area contributed by atoms with Crippen molar-refractivity contribution in [3.63, 3.8) is 0 Å². The van der Waals surface area contributed by atoms with Gasteiger partial charge < -0.3 is 14.5 Å². The van der Waals surface area contributed by atoms with E-state index >= 15 is 0 Å². The lowest BCUT2D eigenvalue weighted by Crippen LogP contribution is -2.07. The molecule has 3 rings (SSSR count). The summed E-state index contributed by atoms with van der Waals surface area (Å²) in [6, 6.07) is 7.81. The number of benzene rings is 1. The van der Waals surface area contributed by atoms with Gasteiger partial charge in [0.15, 0.2) is 10.8 Å². The molecule has 25 heavy (non-hydrogen) atoms. The van der Waals surface area contributed by atoms with Crippen molar-refractivity contribution in [2.75, 3.05) is 12.4 Å². The largest absolute Gasteiger partial charge is 0.465 e. The number of hydrogen-bond donors (Lipinski definition) is 1. The minimum atomic E-state index is -0.760. The lowest BCUT2D eigenvalue weighted by molar-refractivity contribution is -0.385. The number of aromatic nitrogens is 1. The number of nitrogens with one attached hydrogen (secondary N) is 1. The van der Waals surface area contributed by atoms with Crippen molar-refractivity contribution >= 4 is 28.7 Å². The summed E-state index contributed by atoms with van der Waals surface area (Å²) in [5.74, 6) is -0.0660. The summed E-state index contributed by atoms with van der Waals surface area (Å²) in [5.41, 5.74) is 0.936. The van der Waals surface area contributed by atoms with E-state index in [4.69, 9.17) is 4.42 Å². The van der Waals surface area contributed by atoms with E-state index in [-0.39, 0.29) is 11.3 Å². The van der Waals surface area contributed by atoms with Gasteiger partial charge >= 0.3 is 5.97 Å². The van der Waals surface area contributed by atoms with Crippen LogP contribution in [0, 0.1) is 10.1 Å². The second-order valence-corrected chi connectivity index (χ2v) is 5.81. The molecule has 2 heterocycles.